The van der Waals surface area contributed by atoms with Gasteiger partial charge in [0.25, 0.3) is 11.8 Å². The molecule has 9 heteroatoms. The zero-order valence-corrected chi connectivity index (χ0v) is 19.0. The summed E-state index contributed by atoms with van der Waals surface area (Å²) in [6, 6.07) is 10.7. The fraction of sp³-hybridized carbons (Fsp3) is 0.300. The van der Waals surface area contributed by atoms with Gasteiger partial charge < -0.3 is 9.47 Å². The fourth-order valence-corrected chi connectivity index (χ4v) is 3.77. The lowest BCUT2D eigenvalue weighted by molar-refractivity contribution is -0.131. The number of para-hydroxylation sites is 1. The van der Waals surface area contributed by atoms with Crippen molar-refractivity contribution < 1.29 is 19.1 Å². The van der Waals surface area contributed by atoms with Crippen LogP contribution >= 0.6 is 39.1 Å². The highest BCUT2D eigenvalue weighted by Crippen LogP contribution is 2.36. The molecule has 0 radical (unpaired) electrons. The van der Waals surface area contributed by atoms with E-state index in [4.69, 9.17) is 32.7 Å². The highest BCUT2D eigenvalue weighted by atomic mass is 79.9. The van der Waals surface area contributed by atoms with Gasteiger partial charge in [0.1, 0.15) is 5.75 Å². The zero-order valence-electron chi connectivity index (χ0n) is 15.9. The molecule has 2 rings (SSSR count). The molecule has 0 saturated carbocycles. The molecule has 0 aliphatic heterocycles. The van der Waals surface area contributed by atoms with Gasteiger partial charge in [0.2, 0.25) is 0 Å². The maximum Gasteiger partial charge on any atom is 0.276 e. The van der Waals surface area contributed by atoms with Crippen LogP contribution < -0.4 is 20.3 Å². The lowest BCUT2D eigenvalue weighted by Crippen LogP contribution is -2.45. The van der Waals surface area contributed by atoms with E-state index < -0.39 is 11.8 Å². The van der Waals surface area contributed by atoms with E-state index in [1.54, 1.807) is 6.07 Å². The second-order valence-electron chi connectivity index (χ2n) is 6.22. The van der Waals surface area contributed by atoms with Gasteiger partial charge in [-0.1, -0.05) is 55.2 Å². The van der Waals surface area contributed by atoms with Crippen molar-refractivity contribution in [2.24, 2.45) is 0 Å². The zero-order chi connectivity index (χ0) is 21.4. The number of carbonyl (C=O) groups excluding carboxylic acids is 2. The predicted molar refractivity (Wildman–Crippen MR) is 117 cm³/mol. The van der Waals surface area contributed by atoms with Crippen LogP contribution in [0.3, 0.4) is 0 Å². The minimum Gasteiger partial charge on any atom is -0.483 e. The quantitative estimate of drug-likeness (QED) is 0.503. The van der Waals surface area contributed by atoms with E-state index in [1.807, 2.05) is 24.3 Å². The van der Waals surface area contributed by atoms with E-state index in [0.717, 1.165) is 12.0 Å². The van der Waals surface area contributed by atoms with E-state index in [-0.39, 0.29) is 24.0 Å². The Hall–Kier alpha value is -1.96. The molecular weight excluding hydrogens is 483 g/mol. The SMILES string of the molecule is CCC(C)c1ccccc1OCC(=O)NNC(=O)COc1c(Cl)cc(Cl)cc1Br. The highest BCUT2D eigenvalue weighted by Gasteiger charge is 2.13. The van der Waals surface area contributed by atoms with Crippen LogP contribution in [0.15, 0.2) is 40.9 Å². The number of ether oxygens (including phenoxy) is 2. The average molecular weight is 504 g/mol. The molecule has 156 valence electrons. The number of nitrogens with one attached hydrogen (secondary N) is 2. The molecule has 0 spiro atoms. The molecule has 2 aromatic carbocycles. The van der Waals surface area contributed by atoms with Crippen LogP contribution in [-0.4, -0.2) is 25.0 Å². The van der Waals surface area contributed by atoms with E-state index in [1.165, 1.54) is 6.07 Å². The number of benzene rings is 2. The molecule has 1 unspecified atom stereocenters. The molecular formula is C20H21BrCl2N2O4. The van der Waals surface area contributed by atoms with E-state index in [2.05, 4.69) is 40.6 Å². The number of hydrogen-bond acceptors (Lipinski definition) is 4. The van der Waals surface area contributed by atoms with Gasteiger partial charge in [0, 0.05) is 5.02 Å². The first kappa shape index (κ1) is 23.3. The number of hydrogen-bond donors (Lipinski definition) is 2. The van der Waals surface area contributed by atoms with Gasteiger partial charge in [0.05, 0.1) is 9.50 Å². The summed E-state index contributed by atoms with van der Waals surface area (Å²) in [5.41, 5.74) is 5.57. The highest BCUT2D eigenvalue weighted by molar-refractivity contribution is 9.10. The van der Waals surface area contributed by atoms with Crippen molar-refractivity contribution in [2.45, 2.75) is 26.2 Å². The van der Waals surface area contributed by atoms with Gasteiger partial charge in [-0.2, -0.15) is 0 Å². The Morgan fingerprint density at radius 2 is 1.69 bits per heavy atom. The summed E-state index contributed by atoms with van der Waals surface area (Å²) in [6.07, 6.45) is 0.955. The van der Waals surface area contributed by atoms with Crippen LogP contribution in [0.2, 0.25) is 10.0 Å². The molecule has 2 aromatic rings. The molecule has 6 nitrogen and oxygen atoms in total. The molecule has 0 aliphatic rings. The van der Waals surface area contributed by atoms with Crippen molar-refractivity contribution in [1.82, 2.24) is 10.9 Å². The monoisotopic (exact) mass is 502 g/mol. The van der Waals surface area contributed by atoms with E-state index in [9.17, 15) is 9.59 Å². The fourth-order valence-electron chi connectivity index (χ4n) is 2.40. The molecule has 0 fully saturated rings. The molecule has 1 atom stereocenters. The first-order valence-electron chi connectivity index (χ1n) is 8.88. The predicted octanol–water partition coefficient (Wildman–Crippen LogP) is 4.87. The van der Waals surface area contributed by atoms with Crippen LogP contribution in [0.25, 0.3) is 0 Å². The number of rotatable bonds is 8. The lowest BCUT2D eigenvalue weighted by Gasteiger charge is -2.15. The number of carbonyl (C=O) groups is 2. The van der Waals surface area contributed by atoms with Gasteiger partial charge in [-0.15, -0.1) is 0 Å². The Balaban J connectivity index is 1.79. The molecule has 0 aliphatic carbocycles. The van der Waals surface area contributed by atoms with Crippen LogP contribution in [0.1, 0.15) is 31.7 Å². The van der Waals surface area contributed by atoms with Crippen molar-refractivity contribution in [3.05, 3.63) is 56.5 Å². The molecule has 0 bridgehead atoms. The third kappa shape index (κ3) is 7.10. The van der Waals surface area contributed by atoms with Crippen LogP contribution in [0, 0.1) is 0 Å². The summed E-state index contributed by atoms with van der Waals surface area (Å²) in [7, 11) is 0. The largest absolute Gasteiger partial charge is 0.483 e. The second kappa shape index (κ2) is 11.3. The first-order chi connectivity index (χ1) is 13.8. The molecule has 0 aromatic heterocycles. The van der Waals surface area contributed by atoms with Crippen molar-refractivity contribution >= 4 is 50.9 Å². The topological polar surface area (TPSA) is 76.7 Å². The Bertz CT molecular complexity index is 856. The summed E-state index contributed by atoms with van der Waals surface area (Å²) in [4.78, 5) is 23.8. The molecule has 0 heterocycles. The molecule has 29 heavy (non-hydrogen) atoms. The Labute approximate surface area is 188 Å². The minimum atomic E-state index is -0.559. The van der Waals surface area contributed by atoms with E-state index in [0.29, 0.717) is 21.2 Å². The van der Waals surface area contributed by atoms with Gasteiger partial charge in [0.15, 0.2) is 19.0 Å². The summed E-state index contributed by atoms with van der Waals surface area (Å²) in [6.45, 7) is 3.59. The van der Waals surface area contributed by atoms with Gasteiger partial charge >= 0.3 is 0 Å². The Morgan fingerprint density at radius 3 is 2.31 bits per heavy atom. The van der Waals surface area contributed by atoms with Crippen molar-refractivity contribution in [2.75, 3.05) is 13.2 Å². The van der Waals surface area contributed by atoms with Crippen LogP contribution in [0.5, 0.6) is 11.5 Å². The van der Waals surface area contributed by atoms with Gasteiger partial charge in [-0.3, -0.25) is 20.4 Å². The van der Waals surface area contributed by atoms with Crippen molar-refractivity contribution in [3.8, 4) is 11.5 Å². The van der Waals surface area contributed by atoms with Gasteiger partial charge in [-0.05, 0) is 52.0 Å². The minimum absolute atomic E-state index is 0.233. The third-order valence-corrected chi connectivity index (χ3v) is 5.16. The second-order valence-corrected chi connectivity index (χ2v) is 7.92. The maximum absolute atomic E-state index is 12.0. The summed E-state index contributed by atoms with van der Waals surface area (Å²) in [5, 5.41) is 0.690. The number of amides is 2. The van der Waals surface area contributed by atoms with Crippen LogP contribution in [0.4, 0.5) is 0 Å². The van der Waals surface area contributed by atoms with Crippen LogP contribution in [-0.2, 0) is 9.59 Å². The smallest absolute Gasteiger partial charge is 0.276 e. The average Bonchev–Trinajstić information content (AvgIpc) is 2.69. The van der Waals surface area contributed by atoms with Crippen molar-refractivity contribution in [3.63, 3.8) is 0 Å². The molecule has 2 amide bonds. The third-order valence-electron chi connectivity index (χ3n) is 4.07. The Kier molecular flexibility index (Phi) is 9.07. The normalized spacial score (nSPS) is 11.5. The number of halogens is 3. The Morgan fingerprint density at radius 1 is 1.07 bits per heavy atom. The summed E-state index contributed by atoms with van der Waals surface area (Å²) < 4.78 is 11.5. The maximum atomic E-state index is 12.0. The number of hydrazine groups is 1. The van der Waals surface area contributed by atoms with Gasteiger partial charge in [-0.25, -0.2) is 0 Å². The van der Waals surface area contributed by atoms with E-state index >= 15 is 0 Å². The lowest BCUT2D eigenvalue weighted by atomic mass is 9.98. The van der Waals surface area contributed by atoms with Crippen molar-refractivity contribution in [1.29, 1.82) is 0 Å². The molecule has 2 N–H and O–H groups in total. The standard InChI is InChI=1S/C20H21BrCl2N2O4/c1-3-12(2)14-6-4-5-7-17(14)28-10-18(26)24-25-19(27)11-29-20-15(21)8-13(22)9-16(20)23/h4-9,12H,3,10-11H2,1-2H3,(H,24,26)(H,25,27). The molecule has 0 saturated heterocycles. The summed E-state index contributed by atoms with van der Waals surface area (Å²) in [5.74, 6) is 0.181. The summed E-state index contributed by atoms with van der Waals surface area (Å²) >= 11 is 15.2. The first-order valence-corrected chi connectivity index (χ1v) is 10.4.